The summed E-state index contributed by atoms with van der Waals surface area (Å²) in [6, 6.07) is 13.2. The Morgan fingerprint density at radius 3 is 2.53 bits per heavy atom. The van der Waals surface area contributed by atoms with Crippen molar-refractivity contribution in [2.24, 2.45) is 0 Å². The first-order valence-corrected chi connectivity index (χ1v) is 12.9. The predicted molar refractivity (Wildman–Crippen MR) is 131 cm³/mol. The Hall–Kier alpha value is -4.06. The molecule has 0 bridgehead atoms. The van der Waals surface area contributed by atoms with Crippen LogP contribution in [0.25, 0.3) is 11.3 Å². The van der Waals surface area contributed by atoms with Gasteiger partial charge in [0.05, 0.1) is 28.5 Å². The number of sulfonamides is 1. The van der Waals surface area contributed by atoms with Crippen LogP contribution in [0, 0.1) is 12.7 Å². The number of nitrogens with one attached hydrogen (secondary N) is 1. The zero-order valence-corrected chi connectivity index (χ0v) is 20.6. The van der Waals surface area contributed by atoms with Crippen LogP contribution in [-0.2, 0) is 16.2 Å². The number of aryl methyl sites for hydroxylation is 1. The van der Waals surface area contributed by atoms with Crippen molar-refractivity contribution in [2.45, 2.75) is 30.3 Å². The van der Waals surface area contributed by atoms with E-state index in [0.29, 0.717) is 17.5 Å². The highest BCUT2D eigenvalue weighted by Crippen LogP contribution is 2.44. The van der Waals surface area contributed by atoms with Gasteiger partial charge >= 0.3 is 6.18 Å². The Morgan fingerprint density at radius 1 is 1.03 bits per heavy atom. The molecule has 38 heavy (non-hydrogen) atoms. The van der Waals surface area contributed by atoms with Crippen molar-refractivity contribution in [3.8, 4) is 17.0 Å². The van der Waals surface area contributed by atoms with Crippen molar-refractivity contribution < 1.29 is 30.7 Å². The fourth-order valence-electron chi connectivity index (χ4n) is 4.36. The fraction of sp³-hybridized carbons (Fsp3) is 0.192. The van der Waals surface area contributed by atoms with Gasteiger partial charge in [0.25, 0.3) is 10.0 Å². The molecular weight excluding hydrogens is 524 g/mol. The second kappa shape index (κ2) is 9.67. The molecule has 0 amide bonds. The van der Waals surface area contributed by atoms with Crippen LogP contribution in [0.5, 0.6) is 5.75 Å². The monoisotopic (exact) mass is 544 g/mol. The van der Waals surface area contributed by atoms with Gasteiger partial charge in [0.2, 0.25) is 0 Å². The summed E-state index contributed by atoms with van der Waals surface area (Å²) in [5, 5.41) is 7.37. The first-order valence-electron chi connectivity index (χ1n) is 11.4. The molecule has 1 N–H and O–H groups in total. The van der Waals surface area contributed by atoms with Crippen LogP contribution >= 0.6 is 0 Å². The third-order valence-electron chi connectivity index (χ3n) is 6.20. The van der Waals surface area contributed by atoms with Gasteiger partial charge in [-0.25, -0.2) is 12.8 Å². The standard InChI is InChI=1S/C26H20F4N4O3S/c1-15-22(27)8-9-23(32-15)21-13-16(26(28,29)30)4-6-18(21)19-10-12-37-24-14-17(5-7-20(19)24)38(35,36)34-25-3-2-11-31-33-25/h2-9,11,13-14,19H,10,12H2,1H3,(H,33,34). The number of rotatable bonds is 5. The van der Waals surface area contributed by atoms with Crippen LogP contribution in [0.4, 0.5) is 23.4 Å². The van der Waals surface area contributed by atoms with Crippen LogP contribution in [-0.4, -0.2) is 30.2 Å². The first-order chi connectivity index (χ1) is 18.0. The number of hydrogen-bond acceptors (Lipinski definition) is 6. The molecule has 1 aliphatic heterocycles. The lowest BCUT2D eigenvalue weighted by Gasteiger charge is -2.28. The summed E-state index contributed by atoms with van der Waals surface area (Å²) in [6.45, 7) is 1.64. The molecule has 0 aliphatic carbocycles. The lowest BCUT2D eigenvalue weighted by Crippen LogP contribution is -2.19. The van der Waals surface area contributed by atoms with Crippen molar-refractivity contribution in [3.63, 3.8) is 0 Å². The van der Waals surface area contributed by atoms with Gasteiger partial charge in [-0.05, 0) is 61.4 Å². The number of fused-ring (bicyclic) bond motifs is 1. The molecular formula is C26H20F4N4O3S. The topological polar surface area (TPSA) is 94.1 Å². The van der Waals surface area contributed by atoms with Crippen molar-refractivity contribution in [2.75, 3.05) is 11.3 Å². The van der Waals surface area contributed by atoms with Crippen molar-refractivity contribution in [1.29, 1.82) is 0 Å². The van der Waals surface area contributed by atoms with Crippen LogP contribution in [0.2, 0.25) is 0 Å². The number of nitrogens with zero attached hydrogens (tertiary/aromatic N) is 3. The fourth-order valence-corrected chi connectivity index (χ4v) is 5.38. The summed E-state index contributed by atoms with van der Waals surface area (Å²) in [4.78, 5) is 4.11. The molecule has 5 rings (SSSR count). The Kier molecular flexibility index (Phi) is 6.51. The number of alkyl halides is 3. The molecule has 12 heteroatoms. The largest absolute Gasteiger partial charge is 0.493 e. The molecule has 3 heterocycles. The van der Waals surface area contributed by atoms with Gasteiger partial charge in [0, 0.05) is 29.3 Å². The summed E-state index contributed by atoms with van der Waals surface area (Å²) >= 11 is 0. The Labute approximate surface area is 215 Å². The van der Waals surface area contributed by atoms with Crippen molar-refractivity contribution in [3.05, 3.63) is 95.1 Å². The maximum atomic E-state index is 13.9. The molecule has 1 unspecified atom stereocenters. The molecule has 0 saturated heterocycles. The minimum atomic E-state index is -4.59. The van der Waals surface area contributed by atoms with Gasteiger partial charge in [-0.15, -0.1) is 5.10 Å². The molecule has 0 radical (unpaired) electrons. The zero-order chi connectivity index (χ0) is 27.1. The molecule has 7 nitrogen and oxygen atoms in total. The van der Waals surface area contributed by atoms with Gasteiger partial charge < -0.3 is 4.74 Å². The van der Waals surface area contributed by atoms with E-state index in [1.54, 1.807) is 6.07 Å². The van der Waals surface area contributed by atoms with E-state index in [1.807, 2.05) is 0 Å². The third-order valence-corrected chi connectivity index (χ3v) is 7.55. The lowest BCUT2D eigenvalue weighted by molar-refractivity contribution is -0.137. The minimum Gasteiger partial charge on any atom is -0.493 e. The van der Waals surface area contributed by atoms with E-state index < -0.39 is 33.5 Å². The van der Waals surface area contributed by atoms with E-state index in [1.165, 1.54) is 55.6 Å². The van der Waals surface area contributed by atoms with Gasteiger partial charge in [-0.2, -0.15) is 18.3 Å². The summed E-state index contributed by atoms with van der Waals surface area (Å²) in [7, 11) is -4.01. The Balaban J connectivity index is 1.58. The lowest BCUT2D eigenvalue weighted by atomic mass is 9.82. The molecule has 2 aromatic carbocycles. The van der Waals surface area contributed by atoms with Crippen molar-refractivity contribution in [1.82, 2.24) is 15.2 Å². The smallest absolute Gasteiger partial charge is 0.416 e. The molecule has 1 atom stereocenters. The number of halogens is 4. The summed E-state index contributed by atoms with van der Waals surface area (Å²) < 4.78 is 88.5. The van der Waals surface area contributed by atoms with Gasteiger partial charge in [-0.3, -0.25) is 9.71 Å². The number of benzene rings is 2. The van der Waals surface area contributed by atoms with Gasteiger partial charge in [0.15, 0.2) is 5.82 Å². The molecule has 1 aliphatic rings. The number of anilines is 1. The number of hydrogen-bond donors (Lipinski definition) is 1. The van der Waals surface area contributed by atoms with E-state index >= 15 is 0 Å². The van der Waals surface area contributed by atoms with Crippen LogP contribution < -0.4 is 9.46 Å². The average Bonchev–Trinajstić information content (AvgIpc) is 2.89. The number of aromatic nitrogens is 3. The summed E-state index contributed by atoms with van der Waals surface area (Å²) in [5.74, 6) is -0.659. The minimum absolute atomic E-state index is 0.0421. The van der Waals surface area contributed by atoms with Crippen LogP contribution in [0.3, 0.4) is 0 Å². The highest BCUT2D eigenvalue weighted by Gasteiger charge is 2.33. The molecule has 0 saturated carbocycles. The van der Waals surface area contributed by atoms with E-state index in [9.17, 15) is 26.0 Å². The van der Waals surface area contributed by atoms with E-state index in [-0.39, 0.29) is 40.0 Å². The number of ether oxygens (including phenoxy) is 1. The normalized spacial score (nSPS) is 15.4. The number of pyridine rings is 1. The second-order valence-corrected chi connectivity index (χ2v) is 10.3. The maximum Gasteiger partial charge on any atom is 0.416 e. The van der Waals surface area contributed by atoms with E-state index in [4.69, 9.17) is 4.74 Å². The van der Waals surface area contributed by atoms with Gasteiger partial charge in [-0.1, -0.05) is 12.1 Å². The maximum absolute atomic E-state index is 13.9. The van der Waals surface area contributed by atoms with E-state index in [2.05, 4.69) is 19.9 Å². The third kappa shape index (κ3) is 5.03. The predicted octanol–water partition coefficient (Wildman–Crippen LogP) is 5.72. The van der Waals surface area contributed by atoms with Gasteiger partial charge in [0.1, 0.15) is 11.6 Å². The quantitative estimate of drug-likeness (QED) is 0.323. The summed E-state index contributed by atoms with van der Waals surface area (Å²) in [5.41, 5.74) is 0.753. The Bertz CT molecular complexity index is 1610. The van der Waals surface area contributed by atoms with Crippen LogP contribution in [0.15, 0.2) is 71.8 Å². The highest BCUT2D eigenvalue weighted by atomic mass is 32.2. The summed E-state index contributed by atoms with van der Waals surface area (Å²) in [6.07, 6.45) is -2.76. The molecule has 0 fully saturated rings. The van der Waals surface area contributed by atoms with Crippen molar-refractivity contribution >= 4 is 15.8 Å². The molecule has 4 aromatic rings. The first kappa shape index (κ1) is 25.6. The highest BCUT2D eigenvalue weighted by molar-refractivity contribution is 7.92. The molecule has 2 aromatic heterocycles. The Morgan fingerprint density at radius 2 is 1.82 bits per heavy atom. The average molecular weight is 545 g/mol. The molecule has 196 valence electrons. The second-order valence-electron chi connectivity index (χ2n) is 8.67. The van der Waals surface area contributed by atoms with Crippen LogP contribution in [0.1, 0.15) is 34.7 Å². The SMILES string of the molecule is Cc1nc(-c2cc(C(F)(F)F)ccc2C2CCOc3cc(S(=O)(=O)Nc4cccnn4)ccc32)ccc1F. The zero-order valence-electron chi connectivity index (χ0n) is 19.8. The van der Waals surface area contributed by atoms with E-state index in [0.717, 1.165) is 12.1 Å². The molecule has 0 spiro atoms.